The standard InChI is InChI=1S/C17H23N5O2S/c1-11-19-16(25-21-11)20-17(23)22-7-5-12(6-8-22)9-13-3-4-14(24-2)10-15(13)18/h3-4,10,12H,5-9,18H2,1-2H3,(H,19,20,21,23). The van der Waals surface area contributed by atoms with Crippen LogP contribution >= 0.6 is 11.5 Å². The van der Waals surface area contributed by atoms with E-state index in [4.69, 9.17) is 10.5 Å². The molecule has 1 aromatic heterocycles. The average molecular weight is 361 g/mol. The van der Waals surface area contributed by atoms with Crippen LogP contribution in [0.5, 0.6) is 5.75 Å². The average Bonchev–Trinajstić information content (AvgIpc) is 3.02. The summed E-state index contributed by atoms with van der Waals surface area (Å²) in [6.07, 6.45) is 2.86. The van der Waals surface area contributed by atoms with E-state index in [1.54, 1.807) is 7.11 Å². The summed E-state index contributed by atoms with van der Waals surface area (Å²) in [6.45, 7) is 3.29. The maximum absolute atomic E-state index is 12.3. The van der Waals surface area contributed by atoms with Gasteiger partial charge < -0.3 is 15.4 Å². The molecule has 25 heavy (non-hydrogen) atoms. The van der Waals surface area contributed by atoms with Gasteiger partial charge in [0.25, 0.3) is 0 Å². The molecule has 1 aliphatic rings. The molecule has 0 atom stereocenters. The predicted octanol–water partition coefficient (Wildman–Crippen LogP) is 2.92. The van der Waals surface area contributed by atoms with E-state index in [1.165, 1.54) is 11.5 Å². The van der Waals surface area contributed by atoms with Gasteiger partial charge in [-0.25, -0.2) is 9.78 Å². The van der Waals surface area contributed by atoms with Gasteiger partial charge in [0, 0.05) is 36.4 Å². The number of hydrogen-bond donors (Lipinski definition) is 2. The third-order valence-electron chi connectivity index (χ3n) is 4.50. The first kappa shape index (κ1) is 17.5. The van der Waals surface area contributed by atoms with Crippen LogP contribution < -0.4 is 15.8 Å². The number of methoxy groups -OCH3 is 1. The molecule has 134 valence electrons. The van der Waals surface area contributed by atoms with Gasteiger partial charge >= 0.3 is 6.03 Å². The minimum Gasteiger partial charge on any atom is -0.497 e. The number of rotatable bonds is 4. The normalized spacial score (nSPS) is 15.2. The highest BCUT2D eigenvalue weighted by molar-refractivity contribution is 7.09. The largest absolute Gasteiger partial charge is 0.497 e. The number of aromatic nitrogens is 2. The van der Waals surface area contributed by atoms with Crippen molar-refractivity contribution in [2.75, 3.05) is 31.2 Å². The van der Waals surface area contributed by atoms with Crippen LogP contribution in [0.3, 0.4) is 0 Å². The Labute approximate surface area is 151 Å². The van der Waals surface area contributed by atoms with Crippen LogP contribution in [0, 0.1) is 12.8 Å². The van der Waals surface area contributed by atoms with E-state index in [1.807, 2.05) is 30.0 Å². The van der Waals surface area contributed by atoms with Crippen LogP contribution in [0.2, 0.25) is 0 Å². The first-order valence-corrected chi connectivity index (χ1v) is 9.11. The molecule has 3 rings (SSSR count). The minimum atomic E-state index is -0.0986. The van der Waals surface area contributed by atoms with Crippen molar-refractivity contribution in [2.24, 2.45) is 5.92 Å². The van der Waals surface area contributed by atoms with E-state index in [0.29, 0.717) is 16.9 Å². The summed E-state index contributed by atoms with van der Waals surface area (Å²) in [5, 5.41) is 3.37. The second-order valence-corrected chi connectivity index (χ2v) is 7.03. The van der Waals surface area contributed by atoms with Crippen LogP contribution in [-0.4, -0.2) is 40.5 Å². The summed E-state index contributed by atoms with van der Waals surface area (Å²) < 4.78 is 9.26. The molecule has 2 amide bonds. The predicted molar refractivity (Wildman–Crippen MR) is 99.1 cm³/mol. The molecule has 3 N–H and O–H groups in total. The number of anilines is 2. The van der Waals surface area contributed by atoms with E-state index in [9.17, 15) is 4.79 Å². The third kappa shape index (κ3) is 4.39. The summed E-state index contributed by atoms with van der Waals surface area (Å²) >= 11 is 1.20. The SMILES string of the molecule is COc1ccc(CC2CCN(C(=O)Nc3nc(C)ns3)CC2)c(N)c1. The van der Waals surface area contributed by atoms with Crippen molar-refractivity contribution in [3.63, 3.8) is 0 Å². The van der Waals surface area contributed by atoms with Gasteiger partial charge in [0.2, 0.25) is 5.13 Å². The number of nitrogen functional groups attached to an aromatic ring is 1. The molecule has 0 bridgehead atoms. The lowest BCUT2D eigenvalue weighted by Crippen LogP contribution is -2.41. The van der Waals surface area contributed by atoms with Gasteiger partial charge in [-0.15, -0.1) is 0 Å². The van der Waals surface area contributed by atoms with Crippen molar-refractivity contribution in [3.05, 3.63) is 29.6 Å². The molecule has 1 saturated heterocycles. The first-order valence-electron chi connectivity index (χ1n) is 8.34. The van der Waals surface area contributed by atoms with Gasteiger partial charge in [0.05, 0.1) is 7.11 Å². The zero-order valence-corrected chi connectivity index (χ0v) is 15.3. The minimum absolute atomic E-state index is 0.0986. The van der Waals surface area contributed by atoms with Gasteiger partial charge in [-0.05, 0) is 43.7 Å². The lowest BCUT2D eigenvalue weighted by Gasteiger charge is -2.32. The second-order valence-electron chi connectivity index (χ2n) is 6.28. The molecule has 0 radical (unpaired) electrons. The number of amides is 2. The summed E-state index contributed by atoms with van der Waals surface area (Å²) in [4.78, 5) is 18.3. The van der Waals surface area contributed by atoms with Crippen molar-refractivity contribution < 1.29 is 9.53 Å². The number of carbonyl (C=O) groups is 1. The van der Waals surface area contributed by atoms with Crippen LogP contribution in [0.1, 0.15) is 24.2 Å². The lowest BCUT2D eigenvalue weighted by atomic mass is 9.89. The molecule has 1 fully saturated rings. The number of nitrogens with zero attached hydrogens (tertiary/aromatic N) is 3. The number of ether oxygens (including phenoxy) is 1. The van der Waals surface area contributed by atoms with Crippen LogP contribution in [0.15, 0.2) is 18.2 Å². The Morgan fingerprint density at radius 1 is 1.44 bits per heavy atom. The number of nitrogens with two attached hydrogens (primary N) is 1. The van der Waals surface area contributed by atoms with Crippen molar-refractivity contribution in [1.29, 1.82) is 0 Å². The first-order chi connectivity index (χ1) is 12.0. The summed E-state index contributed by atoms with van der Waals surface area (Å²) in [5.41, 5.74) is 8.03. The number of aryl methyl sites for hydroxylation is 1. The van der Waals surface area contributed by atoms with Gasteiger partial charge in [-0.3, -0.25) is 5.32 Å². The van der Waals surface area contributed by atoms with E-state index >= 15 is 0 Å². The van der Waals surface area contributed by atoms with Gasteiger partial charge in [0.15, 0.2) is 0 Å². The lowest BCUT2D eigenvalue weighted by molar-refractivity contribution is 0.182. The smallest absolute Gasteiger partial charge is 0.323 e. The van der Waals surface area contributed by atoms with Crippen LogP contribution in [0.4, 0.5) is 15.6 Å². The van der Waals surface area contributed by atoms with E-state index in [-0.39, 0.29) is 6.03 Å². The Balaban J connectivity index is 1.50. The van der Waals surface area contributed by atoms with Crippen molar-refractivity contribution >= 4 is 28.4 Å². The molecule has 8 heteroatoms. The second kappa shape index (κ2) is 7.69. The molecular formula is C17H23N5O2S. The van der Waals surface area contributed by atoms with E-state index < -0.39 is 0 Å². The van der Waals surface area contributed by atoms with Crippen LogP contribution in [0.25, 0.3) is 0 Å². The topological polar surface area (TPSA) is 93.4 Å². The molecule has 7 nitrogen and oxygen atoms in total. The Morgan fingerprint density at radius 2 is 2.20 bits per heavy atom. The van der Waals surface area contributed by atoms with Gasteiger partial charge in [-0.1, -0.05) is 6.07 Å². The zero-order valence-electron chi connectivity index (χ0n) is 14.5. The molecule has 1 aromatic carbocycles. The fourth-order valence-corrected chi connectivity index (χ4v) is 3.62. The molecule has 0 saturated carbocycles. The third-order valence-corrected chi connectivity index (χ3v) is 5.23. The highest BCUT2D eigenvalue weighted by atomic mass is 32.1. The van der Waals surface area contributed by atoms with Gasteiger partial charge in [-0.2, -0.15) is 4.37 Å². The molecule has 2 aromatic rings. The molecule has 0 unspecified atom stereocenters. The zero-order chi connectivity index (χ0) is 17.8. The molecular weight excluding hydrogens is 338 g/mol. The number of urea groups is 1. The highest BCUT2D eigenvalue weighted by Gasteiger charge is 2.24. The Bertz CT molecular complexity index is 740. The maximum Gasteiger partial charge on any atom is 0.323 e. The Kier molecular flexibility index (Phi) is 5.37. The fourth-order valence-electron chi connectivity index (χ4n) is 3.06. The van der Waals surface area contributed by atoms with E-state index in [2.05, 4.69) is 14.7 Å². The summed E-state index contributed by atoms with van der Waals surface area (Å²) in [5.74, 6) is 1.99. The van der Waals surface area contributed by atoms with E-state index in [0.717, 1.165) is 49.4 Å². The number of likely N-dealkylation sites (tertiary alicyclic amines) is 1. The molecule has 0 aliphatic carbocycles. The molecule has 1 aliphatic heterocycles. The maximum atomic E-state index is 12.3. The van der Waals surface area contributed by atoms with Crippen molar-refractivity contribution in [3.8, 4) is 5.75 Å². The number of nitrogens with one attached hydrogen (secondary N) is 1. The number of piperidine rings is 1. The number of benzene rings is 1. The summed E-state index contributed by atoms with van der Waals surface area (Å²) in [7, 11) is 1.64. The Morgan fingerprint density at radius 3 is 2.80 bits per heavy atom. The summed E-state index contributed by atoms with van der Waals surface area (Å²) in [6, 6.07) is 5.74. The highest BCUT2D eigenvalue weighted by Crippen LogP contribution is 2.27. The van der Waals surface area contributed by atoms with Gasteiger partial charge in [0.1, 0.15) is 11.6 Å². The van der Waals surface area contributed by atoms with Crippen LogP contribution in [-0.2, 0) is 6.42 Å². The monoisotopic (exact) mass is 361 g/mol. The number of hydrogen-bond acceptors (Lipinski definition) is 6. The Hall–Kier alpha value is -2.35. The quantitative estimate of drug-likeness (QED) is 0.817. The van der Waals surface area contributed by atoms with Crippen molar-refractivity contribution in [1.82, 2.24) is 14.3 Å². The number of carbonyl (C=O) groups excluding carboxylic acids is 1. The van der Waals surface area contributed by atoms with Crippen molar-refractivity contribution in [2.45, 2.75) is 26.2 Å². The molecule has 0 spiro atoms. The molecule has 2 heterocycles. The fraction of sp³-hybridized carbons (Fsp3) is 0.471.